The lowest BCUT2D eigenvalue weighted by Crippen LogP contribution is -2.36. The van der Waals surface area contributed by atoms with E-state index in [0.717, 1.165) is 5.56 Å². The molecule has 2 aliphatic heterocycles. The number of carbonyl (C=O) groups excluding carboxylic acids is 1. The van der Waals surface area contributed by atoms with Crippen LogP contribution in [0.1, 0.15) is 22.3 Å². The zero-order valence-corrected chi connectivity index (χ0v) is 14.7. The number of benzene rings is 2. The molecule has 2 aliphatic rings. The highest BCUT2D eigenvalue weighted by molar-refractivity contribution is 6.03. The van der Waals surface area contributed by atoms with Crippen molar-refractivity contribution in [1.29, 1.82) is 0 Å². The highest BCUT2D eigenvalue weighted by atomic mass is 19.3. The number of aliphatic imine (C=N–C) groups is 1. The van der Waals surface area contributed by atoms with E-state index in [0.29, 0.717) is 23.8 Å². The van der Waals surface area contributed by atoms with Crippen molar-refractivity contribution in [3.8, 4) is 11.5 Å². The van der Waals surface area contributed by atoms with Gasteiger partial charge in [-0.2, -0.15) is 0 Å². The molecule has 140 valence electrons. The minimum atomic E-state index is -2.90. The van der Waals surface area contributed by atoms with Gasteiger partial charge in [-0.1, -0.05) is 30.3 Å². The van der Waals surface area contributed by atoms with Gasteiger partial charge in [-0.15, -0.1) is 0 Å². The average Bonchev–Trinajstić information content (AvgIpc) is 2.93. The first kappa shape index (κ1) is 17.5. The maximum atomic E-state index is 13.7. The topological polar surface area (TPSA) is 51.1 Å². The molecule has 1 amide bonds. The summed E-state index contributed by atoms with van der Waals surface area (Å²) in [4.78, 5) is 18.2. The third kappa shape index (κ3) is 3.37. The molecule has 2 aromatic carbocycles. The number of methoxy groups -OCH3 is 1. The van der Waals surface area contributed by atoms with Gasteiger partial charge < -0.3 is 14.4 Å². The summed E-state index contributed by atoms with van der Waals surface area (Å²) in [6, 6.07) is 12.0. The van der Waals surface area contributed by atoms with E-state index in [-0.39, 0.29) is 5.56 Å². The standard InChI is InChI=1S/C20H18F2N2O3/c1-26-17-7-15-16(8-18(17)27-11-13-5-3-2-4-6-13)23-10-14-9-20(21,22)12-24(14)19(15)25/h2-8,10,14H,9,11-12H2,1H3/t14-/m0/s1. The summed E-state index contributed by atoms with van der Waals surface area (Å²) in [6.07, 6.45) is 1.00. The summed E-state index contributed by atoms with van der Waals surface area (Å²) >= 11 is 0. The van der Waals surface area contributed by atoms with E-state index in [4.69, 9.17) is 9.47 Å². The quantitative estimate of drug-likeness (QED) is 0.819. The summed E-state index contributed by atoms with van der Waals surface area (Å²) in [6.45, 7) is -0.273. The highest BCUT2D eigenvalue weighted by Crippen LogP contribution is 2.40. The zero-order valence-electron chi connectivity index (χ0n) is 14.7. The predicted octanol–water partition coefficient (Wildman–Crippen LogP) is 3.84. The van der Waals surface area contributed by atoms with Gasteiger partial charge in [0.05, 0.1) is 30.9 Å². The van der Waals surface area contributed by atoms with Crippen LogP contribution in [-0.4, -0.2) is 42.6 Å². The van der Waals surface area contributed by atoms with Crippen molar-refractivity contribution in [2.45, 2.75) is 25.0 Å². The first-order chi connectivity index (χ1) is 13.0. The Bertz CT molecular complexity index is 900. The summed E-state index contributed by atoms with van der Waals surface area (Å²) in [5.41, 5.74) is 1.61. The monoisotopic (exact) mass is 372 g/mol. The van der Waals surface area contributed by atoms with Crippen LogP contribution in [0.15, 0.2) is 47.5 Å². The lowest BCUT2D eigenvalue weighted by atomic mass is 10.1. The Hall–Kier alpha value is -2.96. The number of nitrogens with zero attached hydrogens (tertiary/aromatic N) is 2. The van der Waals surface area contributed by atoms with E-state index in [2.05, 4.69) is 4.99 Å². The van der Waals surface area contributed by atoms with Crippen LogP contribution >= 0.6 is 0 Å². The SMILES string of the molecule is COc1cc2c(cc1OCc1ccccc1)N=C[C@@H]1CC(F)(F)CN1C2=O. The second-order valence-corrected chi connectivity index (χ2v) is 6.63. The van der Waals surface area contributed by atoms with Crippen molar-refractivity contribution in [1.82, 2.24) is 4.90 Å². The first-order valence-electron chi connectivity index (χ1n) is 8.58. The van der Waals surface area contributed by atoms with E-state index in [9.17, 15) is 13.6 Å². The van der Waals surface area contributed by atoms with Crippen molar-refractivity contribution in [3.05, 3.63) is 53.6 Å². The number of amides is 1. The molecule has 1 fully saturated rings. The van der Waals surface area contributed by atoms with Crippen LogP contribution in [0, 0.1) is 0 Å². The molecule has 4 rings (SSSR count). The van der Waals surface area contributed by atoms with Crippen molar-refractivity contribution in [2.24, 2.45) is 4.99 Å². The maximum absolute atomic E-state index is 13.7. The second-order valence-electron chi connectivity index (χ2n) is 6.63. The molecule has 0 aromatic heterocycles. The lowest BCUT2D eigenvalue weighted by molar-refractivity contribution is 0.0119. The molecule has 0 saturated carbocycles. The van der Waals surface area contributed by atoms with E-state index in [1.54, 1.807) is 6.07 Å². The Balaban J connectivity index is 1.65. The third-order valence-corrected chi connectivity index (χ3v) is 4.71. The van der Waals surface area contributed by atoms with Crippen LogP contribution in [0.5, 0.6) is 11.5 Å². The summed E-state index contributed by atoms with van der Waals surface area (Å²) in [5, 5.41) is 0. The first-order valence-corrected chi connectivity index (χ1v) is 8.58. The maximum Gasteiger partial charge on any atom is 0.267 e. The Morgan fingerprint density at radius 1 is 1.22 bits per heavy atom. The number of rotatable bonds is 4. The molecule has 1 saturated heterocycles. The third-order valence-electron chi connectivity index (χ3n) is 4.71. The lowest BCUT2D eigenvalue weighted by Gasteiger charge is -2.20. The van der Waals surface area contributed by atoms with Crippen LogP contribution in [0.3, 0.4) is 0 Å². The van der Waals surface area contributed by atoms with Crippen molar-refractivity contribution in [3.63, 3.8) is 0 Å². The van der Waals surface area contributed by atoms with Gasteiger partial charge in [0.1, 0.15) is 6.61 Å². The van der Waals surface area contributed by atoms with Gasteiger partial charge in [-0.25, -0.2) is 8.78 Å². The number of fused-ring (bicyclic) bond motifs is 2. The summed E-state index contributed by atoms with van der Waals surface area (Å²) in [7, 11) is 1.47. The van der Waals surface area contributed by atoms with Gasteiger partial charge in [0.25, 0.3) is 11.8 Å². The molecule has 7 heteroatoms. The van der Waals surface area contributed by atoms with Crippen LogP contribution < -0.4 is 9.47 Å². The Morgan fingerprint density at radius 2 is 2.00 bits per heavy atom. The highest BCUT2D eigenvalue weighted by Gasteiger charge is 2.47. The minimum Gasteiger partial charge on any atom is -0.493 e. The van der Waals surface area contributed by atoms with Crippen LogP contribution in [-0.2, 0) is 6.61 Å². The van der Waals surface area contributed by atoms with E-state index < -0.39 is 30.8 Å². The number of halogens is 2. The minimum absolute atomic E-state index is 0.232. The normalized spacial score (nSPS) is 20.0. The number of hydrogen-bond donors (Lipinski definition) is 0. The van der Waals surface area contributed by atoms with Crippen LogP contribution in [0.4, 0.5) is 14.5 Å². The number of carbonyl (C=O) groups is 1. The van der Waals surface area contributed by atoms with Crippen LogP contribution in [0.25, 0.3) is 0 Å². The molecular weight excluding hydrogens is 354 g/mol. The van der Waals surface area contributed by atoms with Gasteiger partial charge >= 0.3 is 0 Å². The summed E-state index contributed by atoms with van der Waals surface area (Å²) < 4.78 is 38.6. The number of ether oxygens (including phenoxy) is 2. The van der Waals surface area contributed by atoms with Crippen molar-refractivity contribution < 1.29 is 23.0 Å². The van der Waals surface area contributed by atoms with Crippen molar-refractivity contribution in [2.75, 3.05) is 13.7 Å². The second kappa shape index (κ2) is 6.64. The molecular formula is C20H18F2N2O3. The van der Waals surface area contributed by atoms with E-state index in [1.165, 1.54) is 24.3 Å². The van der Waals surface area contributed by atoms with Crippen LogP contribution in [0.2, 0.25) is 0 Å². The van der Waals surface area contributed by atoms with Gasteiger partial charge in [-0.05, 0) is 11.6 Å². The number of alkyl halides is 2. The molecule has 27 heavy (non-hydrogen) atoms. The summed E-state index contributed by atoms with van der Waals surface area (Å²) in [5.74, 6) is -2.57. The fourth-order valence-electron chi connectivity index (χ4n) is 3.36. The fraction of sp³-hybridized carbons (Fsp3) is 0.300. The largest absolute Gasteiger partial charge is 0.493 e. The fourth-order valence-corrected chi connectivity index (χ4v) is 3.36. The molecule has 0 bridgehead atoms. The molecule has 5 nitrogen and oxygen atoms in total. The average molecular weight is 372 g/mol. The number of hydrogen-bond acceptors (Lipinski definition) is 4. The Morgan fingerprint density at radius 3 is 2.74 bits per heavy atom. The van der Waals surface area contributed by atoms with Gasteiger partial charge in [0.15, 0.2) is 11.5 Å². The van der Waals surface area contributed by atoms with E-state index in [1.807, 2.05) is 30.3 Å². The Kier molecular flexibility index (Phi) is 4.30. The van der Waals surface area contributed by atoms with Gasteiger partial charge in [0.2, 0.25) is 0 Å². The molecule has 0 unspecified atom stereocenters. The molecule has 2 aromatic rings. The molecule has 0 aliphatic carbocycles. The molecule has 0 N–H and O–H groups in total. The predicted molar refractivity (Wildman–Crippen MR) is 96.3 cm³/mol. The smallest absolute Gasteiger partial charge is 0.267 e. The zero-order chi connectivity index (χ0) is 19.0. The molecule has 2 heterocycles. The molecule has 1 atom stereocenters. The Labute approximate surface area is 155 Å². The van der Waals surface area contributed by atoms with Crippen molar-refractivity contribution >= 4 is 17.8 Å². The van der Waals surface area contributed by atoms with E-state index >= 15 is 0 Å². The van der Waals surface area contributed by atoms with Gasteiger partial charge in [-0.3, -0.25) is 9.79 Å². The van der Waals surface area contributed by atoms with Gasteiger partial charge in [0, 0.05) is 18.7 Å². The molecule has 0 spiro atoms. The molecule has 0 radical (unpaired) electrons.